The van der Waals surface area contributed by atoms with Crippen molar-refractivity contribution in [1.29, 1.82) is 0 Å². The quantitative estimate of drug-likeness (QED) is 0.546. The van der Waals surface area contributed by atoms with E-state index in [4.69, 9.17) is 0 Å². The van der Waals surface area contributed by atoms with E-state index >= 15 is 0 Å². The van der Waals surface area contributed by atoms with Gasteiger partial charge in [0.2, 0.25) is 0 Å². The molecule has 1 aromatic rings. The highest BCUT2D eigenvalue weighted by Gasteiger charge is 2.11. The van der Waals surface area contributed by atoms with Gasteiger partial charge in [-0.15, -0.1) is 0 Å². The van der Waals surface area contributed by atoms with Crippen LogP contribution in [-0.2, 0) is 0 Å². The molecule has 0 aromatic heterocycles. The SMILES string of the molecule is CCCCCC(C)NCC(O)c1cc(O)cc(O)c1. The van der Waals surface area contributed by atoms with Gasteiger partial charge in [-0.05, 0) is 31.0 Å². The maximum atomic E-state index is 10.0. The van der Waals surface area contributed by atoms with Crippen molar-refractivity contribution in [1.82, 2.24) is 5.32 Å². The van der Waals surface area contributed by atoms with Crippen molar-refractivity contribution >= 4 is 0 Å². The summed E-state index contributed by atoms with van der Waals surface area (Å²) in [6, 6.07) is 4.53. The zero-order chi connectivity index (χ0) is 14.3. The smallest absolute Gasteiger partial charge is 0.119 e. The molecule has 0 saturated heterocycles. The highest BCUT2D eigenvalue weighted by atomic mass is 16.3. The summed E-state index contributed by atoms with van der Waals surface area (Å²) >= 11 is 0. The molecular weight excluding hydrogens is 242 g/mol. The lowest BCUT2D eigenvalue weighted by Crippen LogP contribution is -2.30. The molecule has 4 heteroatoms. The molecule has 0 heterocycles. The maximum Gasteiger partial charge on any atom is 0.119 e. The Labute approximate surface area is 115 Å². The molecule has 0 aliphatic carbocycles. The molecular formula is C15H25NO3. The molecule has 4 nitrogen and oxygen atoms in total. The van der Waals surface area contributed by atoms with E-state index in [1.54, 1.807) is 0 Å². The number of hydrogen-bond acceptors (Lipinski definition) is 4. The summed E-state index contributed by atoms with van der Waals surface area (Å²) < 4.78 is 0. The number of benzene rings is 1. The Kier molecular flexibility index (Phi) is 6.67. The summed E-state index contributed by atoms with van der Waals surface area (Å²) in [5, 5.41) is 32.0. The van der Waals surface area contributed by atoms with Crippen LogP contribution in [0.3, 0.4) is 0 Å². The summed E-state index contributed by atoms with van der Waals surface area (Å²) in [4.78, 5) is 0. The topological polar surface area (TPSA) is 72.7 Å². The van der Waals surface area contributed by atoms with Gasteiger partial charge in [-0.25, -0.2) is 0 Å². The van der Waals surface area contributed by atoms with E-state index in [1.165, 1.54) is 37.5 Å². The number of aromatic hydroxyl groups is 2. The van der Waals surface area contributed by atoms with Crippen LogP contribution in [0.4, 0.5) is 0 Å². The van der Waals surface area contributed by atoms with Crippen LogP contribution in [0.2, 0.25) is 0 Å². The minimum atomic E-state index is -0.730. The Hall–Kier alpha value is -1.26. The Morgan fingerprint density at radius 2 is 1.74 bits per heavy atom. The highest BCUT2D eigenvalue weighted by Crippen LogP contribution is 2.24. The lowest BCUT2D eigenvalue weighted by Gasteiger charge is -2.17. The molecule has 0 fully saturated rings. The normalized spacial score (nSPS) is 14.3. The second-order valence-corrected chi connectivity index (χ2v) is 5.10. The monoisotopic (exact) mass is 267 g/mol. The molecule has 108 valence electrons. The van der Waals surface area contributed by atoms with E-state index in [0.717, 1.165) is 6.42 Å². The molecule has 0 amide bonds. The predicted octanol–water partition coefficient (Wildman–Crippen LogP) is 2.69. The van der Waals surface area contributed by atoms with E-state index in [2.05, 4.69) is 19.2 Å². The van der Waals surface area contributed by atoms with Crippen LogP contribution < -0.4 is 5.32 Å². The number of phenolic OH excluding ortho intramolecular Hbond substituents is 2. The van der Waals surface area contributed by atoms with E-state index in [-0.39, 0.29) is 11.5 Å². The van der Waals surface area contributed by atoms with Gasteiger partial charge in [-0.2, -0.15) is 0 Å². The minimum Gasteiger partial charge on any atom is -0.508 e. The summed E-state index contributed by atoms with van der Waals surface area (Å²) in [5.74, 6) is -0.0740. The minimum absolute atomic E-state index is 0.0370. The van der Waals surface area contributed by atoms with Crippen LogP contribution in [0.25, 0.3) is 0 Å². The van der Waals surface area contributed by atoms with Crippen molar-refractivity contribution in [2.45, 2.75) is 51.7 Å². The number of phenols is 2. The molecule has 1 rings (SSSR count). The second kappa shape index (κ2) is 8.02. The van der Waals surface area contributed by atoms with Crippen LogP contribution >= 0.6 is 0 Å². The fraction of sp³-hybridized carbons (Fsp3) is 0.600. The predicted molar refractivity (Wildman–Crippen MR) is 76.3 cm³/mol. The van der Waals surface area contributed by atoms with Gasteiger partial charge in [0.25, 0.3) is 0 Å². The van der Waals surface area contributed by atoms with Crippen molar-refractivity contribution in [3.63, 3.8) is 0 Å². The molecule has 0 aliphatic rings. The average molecular weight is 267 g/mol. The zero-order valence-corrected chi connectivity index (χ0v) is 11.8. The van der Waals surface area contributed by atoms with Crippen molar-refractivity contribution in [2.75, 3.05) is 6.54 Å². The molecule has 19 heavy (non-hydrogen) atoms. The molecule has 0 aliphatic heterocycles. The van der Waals surface area contributed by atoms with Crippen LogP contribution in [-0.4, -0.2) is 27.9 Å². The number of rotatable bonds is 8. The standard InChI is InChI=1S/C15H25NO3/c1-3-4-5-6-11(2)16-10-15(19)12-7-13(17)9-14(18)8-12/h7-9,11,15-19H,3-6,10H2,1-2H3. The molecule has 0 bridgehead atoms. The molecule has 2 atom stereocenters. The second-order valence-electron chi connectivity index (χ2n) is 5.10. The average Bonchev–Trinajstić information content (AvgIpc) is 2.35. The fourth-order valence-electron chi connectivity index (χ4n) is 2.04. The Bertz CT molecular complexity index is 361. The Balaban J connectivity index is 2.39. The number of aliphatic hydroxyl groups excluding tert-OH is 1. The first-order chi connectivity index (χ1) is 9.02. The third-order valence-electron chi connectivity index (χ3n) is 3.21. The van der Waals surface area contributed by atoms with Crippen LogP contribution in [0, 0.1) is 0 Å². The summed E-state index contributed by atoms with van der Waals surface area (Å²) in [5.41, 5.74) is 0.519. The number of unbranched alkanes of at least 4 members (excludes halogenated alkanes) is 2. The van der Waals surface area contributed by atoms with E-state index in [1.807, 2.05) is 0 Å². The number of hydrogen-bond donors (Lipinski definition) is 4. The zero-order valence-electron chi connectivity index (χ0n) is 11.8. The Morgan fingerprint density at radius 3 is 2.32 bits per heavy atom. The lowest BCUT2D eigenvalue weighted by molar-refractivity contribution is 0.169. The molecule has 0 saturated carbocycles. The third-order valence-corrected chi connectivity index (χ3v) is 3.21. The van der Waals surface area contributed by atoms with Crippen LogP contribution in [0.5, 0.6) is 11.5 Å². The lowest BCUT2D eigenvalue weighted by atomic mass is 10.1. The molecule has 4 N–H and O–H groups in total. The van der Waals surface area contributed by atoms with Gasteiger partial charge < -0.3 is 20.6 Å². The molecule has 2 unspecified atom stereocenters. The van der Waals surface area contributed by atoms with Crippen molar-refractivity contribution in [2.24, 2.45) is 0 Å². The number of aliphatic hydroxyl groups is 1. The summed E-state index contributed by atoms with van der Waals surface area (Å²) in [6.45, 7) is 4.69. The summed E-state index contributed by atoms with van der Waals surface area (Å²) in [6.07, 6.45) is 3.98. The van der Waals surface area contributed by atoms with E-state index in [0.29, 0.717) is 18.2 Å². The van der Waals surface area contributed by atoms with Crippen LogP contribution in [0.15, 0.2) is 18.2 Å². The van der Waals surface area contributed by atoms with Gasteiger partial charge in [-0.1, -0.05) is 26.2 Å². The first-order valence-corrected chi connectivity index (χ1v) is 6.97. The van der Waals surface area contributed by atoms with Crippen LogP contribution in [0.1, 0.15) is 51.2 Å². The Morgan fingerprint density at radius 1 is 1.11 bits per heavy atom. The van der Waals surface area contributed by atoms with E-state index < -0.39 is 6.10 Å². The van der Waals surface area contributed by atoms with Gasteiger partial charge in [-0.3, -0.25) is 0 Å². The highest BCUT2D eigenvalue weighted by molar-refractivity contribution is 5.37. The largest absolute Gasteiger partial charge is 0.508 e. The van der Waals surface area contributed by atoms with E-state index in [9.17, 15) is 15.3 Å². The maximum absolute atomic E-state index is 10.0. The molecule has 0 radical (unpaired) electrons. The molecule has 1 aromatic carbocycles. The fourth-order valence-corrected chi connectivity index (χ4v) is 2.04. The number of nitrogens with one attached hydrogen (secondary N) is 1. The first kappa shape index (κ1) is 15.8. The van der Waals surface area contributed by atoms with Gasteiger partial charge in [0.05, 0.1) is 6.10 Å². The molecule has 0 spiro atoms. The van der Waals surface area contributed by atoms with Gasteiger partial charge >= 0.3 is 0 Å². The van der Waals surface area contributed by atoms with Crippen molar-refractivity contribution in [3.8, 4) is 11.5 Å². The first-order valence-electron chi connectivity index (χ1n) is 6.97. The van der Waals surface area contributed by atoms with Gasteiger partial charge in [0.1, 0.15) is 11.5 Å². The van der Waals surface area contributed by atoms with Gasteiger partial charge in [0, 0.05) is 18.7 Å². The van der Waals surface area contributed by atoms with Gasteiger partial charge in [0.15, 0.2) is 0 Å². The van der Waals surface area contributed by atoms with Crippen molar-refractivity contribution < 1.29 is 15.3 Å². The third kappa shape index (κ3) is 5.94. The summed E-state index contributed by atoms with van der Waals surface area (Å²) in [7, 11) is 0. The van der Waals surface area contributed by atoms with Crippen molar-refractivity contribution in [3.05, 3.63) is 23.8 Å².